The minimum Gasteiger partial charge on any atom is -0.444 e. The summed E-state index contributed by atoms with van der Waals surface area (Å²) >= 11 is 0. The number of hydrogen-bond donors (Lipinski definition) is 2. The van der Waals surface area contributed by atoms with E-state index in [2.05, 4.69) is 15.6 Å². The van der Waals surface area contributed by atoms with E-state index in [1.165, 1.54) is 0 Å². The van der Waals surface area contributed by atoms with Crippen LogP contribution in [0.5, 0.6) is 0 Å². The van der Waals surface area contributed by atoms with Crippen molar-refractivity contribution in [2.75, 3.05) is 6.54 Å². The molecule has 0 radical (unpaired) electrons. The molecule has 0 bridgehead atoms. The topological polar surface area (TPSA) is 67.2 Å². The second-order valence-corrected chi connectivity index (χ2v) is 4.08. The van der Waals surface area contributed by atoms with E-state index in [0.717, 1.165) is 31.6 Å². The van der Waals surface area contributed by atoms with Crippen molar-refractivity contribution in [3.05, 3.63) is 17.8 Å². The van der Waals surface area contributed by atoms with Crippen LogP contribution in [0.4, 0.5) is 0 Å². The van der Waals surface area contributed by atoms with Crippen molar-refractivity contribution in [1.29, 1.82) is 0 Å². The first-order valence-electron chi connectivity index (χ1n) is 5.68. The molecule has 88 valence electrons. The summed E-state index contributed by atoms with van der Waals surface area (Å²) in [5, 5.41) is 6.02. The number of nitrogens with zero attached hydrogens (tertiary/aromatic N) is 1. The minimum absolute atomic E-state index is 0.0375. The first-order chi connectivity index (χ1) is 7.75. The number of hydrogen-bond acceptors (Lipinski definition) is 4. The van der Waals surface area contributed by atoms with Crippen molar-refractivity contribution >= 4 is 5.91 Å². The van der Waals surface area contributed by atoms with Crippen molar-refractivity contribution < 1.29 is 9.21 Å². The molecule has 1 fully saturated rings. The van der Waals surface area contributed by atoms with Crippen molar-refractivity contribution in [2.24, 2.45) is 0 Å². The molecular weight excluding hydrogens is 206 g/mol. The highest BCUT2D eigenvalue weighted by atomic mass is 16.4. The van der Waals surface area contributed by atoms with Crippen LogP contribution in [0.2, 0.25) is 0 Å². The van der Waals surface area contributed by atoms with E-state index in [4.69, 9.17) is 4.42 Å². The van der Waals surface area contributed by atoms with Gasteiger partial charge in [-0.1, -0.05) is 6.42 Å². The number of amides is 1. The van der Waals surface area contributed by atoms with Gasteiger partial charge in [0, 0.05) is 0 Å². The lowest BCUT2D eigenvalue weighted by Crippen LogP contribution is -2.46. The smallest absolute Gasteiger partial charge is 0.237 e. The maximum Gasteiger partial charge on any atom is 0.237 e. The first-order valence-corrected chi connectivity index (χ1v) is 5.68. The molecule has 5 nitrogen and oxygen atoms in total. The number of carbonyl (C=O) groups is 1. The molecule has 0 unspecified atom stereocenters. The molecule has 2 rings (SSSR count). The molecule has 0 spiro atoms. The second kappa shape index (κ2) is 5.12. The van der Waals surface area contributed by atoms with Crippen LogP contribution >= 0.6 is 0 Å². The van der Waals surface area contributed by atoms with E-state index in [9.17, 15) is 4.79 Å². The zero-order valence-corrected chi connectivity index (χ0v) is 9.45. The van der Waals surface area contributed by atoms with E-state index in [1.807, 2.05) is 6.92 Å². The summed E-state index contributed by atoms with van der Waals surface area (Å²) in [5.74, 6) is 1.36. The van der Waals surface area contributed by atoms with Gasteiger partial charge in [0.2, 0.25) is 11.8 Å². The fourth-order valence-corrected chi connectivity index (χ4v) is 1.84. The molecule has 1 aromatic rings. The Morgan fingerprint density at radius 1 is 1.69 bits per heavy atom. The Morgan fingerprint density at radius 3 is 3.19 bits per heavy atom. The van der Waals surface area contributed by atoms with E-state index in [0.29, 0.717) is 12.4 Å². The van der Waals surface area contributed by atoms with E-state index in [1.54, 1.807) is 6.20 Å². The number of piperidine rings is 1. The van der Waals surface area contributed by atoms with Crippen LogP contribution in [0, 0.1) is 6.92 Å². The number of carbonyl (C=O) groups excluding carboxylic acids is 1. The van der Waals surface area contributed by atoms with Crippen molar-refractivity contribution in [2.45, 2.75) is 38.8 Å². The molecule has 2 heterocycles. The lowest BCUT2D eigenvalue weighted by molar-refractivity contribution is -0.123. The highest BCUT2D eigenvalue weighted by Crippen LogP contribution is 2.07. The van der Waals surface area contributed by atoms with Crippen LogP contribution in [0.3, 0.4) is 0 Å². The van der Waals surface area contributed by atoms with Crippen LogP contribution in [0.25, 0.3) is 0 Å². The average molecular weight is 223 g/mol. The molecule has 2 N–H and O–H groups in total. The van der Waals surface area contributed by atoms with Gasteiger partial charge in [-0.2, -0.15) is 0 Å². The summed E-state index contributed by atoms with van der Waals surface area (Å²) in [5.41, 5.74) is 0. The van der Waals surface area contributed by atoms with Gasteiger partial charge in [0.05, 0.1) is 18.8 Å². The van der Waals surface area contributed by atoms with E-state index >= 15 is 0 Å². The maximum absolute atomic E-state index is 11.7. The Bertz CT molecular complexity index is 356. The third-order valence-electron chi connectivity index (χ3n) is 2.71. The Balaban J connectivity index is 1.78. The van der Waals surface area contributed by atoms with Crippen LogP contribution < -0.4 is 10.6 Å². The lowest BCUT2D eigenvalue weighted by Gasteiger charge is -2.22. The summed E-state index contributed by atoms with van der Waals surface area (Å²) in [4.78, 5) is 15.8. The summed E-state index contributed by atoms with van der Waals surface area (Å²) < 4.78 is 5.27. The molecule has 1 atom stereocenters. The monoisotopic (exact) mass is 223 g/mol. The normalized spacial score (nSPS) is 20.7. The van der Waals surface area contributed by atoms with Crippen LogP contribution in [0.1, 0.15) is 30.9 Å². The molecule has 1 amide bonds. The van der Waals surface area contributed by atoms with Gasteiger partial charge in [-0.05, 0) is 26.3 Å². The molecule has 0 saturated carbocycles. The SMILES string of the molecule is Cc1cnc(CNC(=O)[C@@H]2CCCCN2)o1. The van der Waals surface area contributed by atoms with Crippen LogP contribution in [0.15, 0.2) is 10.6 Å². The molecule has 0 aliphatic carbocycles. The molecule has 1 aliphatic rings. The van der Waals surface area contributed by atoms with Gasteiger partial charge in [-0.3, -0.25) is 4.79 Å². The summed E-state index contributed by atoms with van der Waals surface area (Å²) in [7, 11) is 0. The van der Waals surface area contributed by atoms with E-state index in [-0.39, 0.29) is 11.9 Å². The molecule has 5 heteroatoms. The van der Waals surface area contributed by atoms with Gasteiger partial charge in [-0.25, -0.2) is 4.98 Å². The summed E-state index contributed by atoms with van der Waals surface area (Å²) in [6.45, 7) is 3.13. The Hall–Kier alpha value is -1.36. The zero-order chi connectivity index (χ0) is 11.4. The average Bonchev–Trinajstić information content (AvgIpc) is 2.73. The summed E-state index contributed by atoms with van der Waals surface area (Å²) in [6, 6.07) is -0.0511. The minimum atomic E-state index is -0.0511. The molecule has 0 aromatic carbocycles. The Morgan fingerprint density at radius 2 is 2.56 bits per heavy atom. The zero-order valence-electron chi connectivity index (χ0n) is 9.45. The third kappa shape index (κ3) is 2.82. The van der Waals surface area contributed by atoms with Crippen LogP contribution in [-0.2, 0) is 11.3 Å². The van der Waals surface area contributed by atoms with Gasteiger partial charge in [0.15, 0.2) is 0 Å². The molecule has 1 saturated heterocycles. The fraction of sp³-hybridized carbons (Fsp3) is 0.636. The van der Waals surface area contributed by atoms with Gasteiger partial charge in [0.25, 0.3) is 0 Å². The highest BCUT2D eigenvalue weighted by molar-refractivity contribution is 5.81. The predicted octanol–water partition coefficient (Wildman–Crippen LogP) is 0.741. The molecule has 1 aromatic heterocycles. The standard InChI is InChI=1S/C11H17N3O2/c1-8-6-13-10(16-8)7-14-11(15)9-4-2-3-5-12-9/h6,9,12H,2-5,7H2,1H3,(H,14,15)/t9-/m0/s1. The summed E-state index contributed by atoms with van der Waals surface area (Å²) in [6.07, 6.45) is 4.84. The number of oxazole rings is 1. The highest BCUT2D eigenvalue weighted by Gasteiger charge is 2.20. The lowest BCUT2D eigenvalue weighted by atomic mass is 10.0. The van der Waals surface area contributed by atoms with E-state index < -0.39 is 0 Å². The predicted molar refractivity (Wildman–Crippen MR) is 58.7 cm³/mol. The van der Waals surface area contributed by atoms with Crippen molar-refractivity contribution in [3.63, 3.8) is 0 Å². The first kappa shape index (κ1) is 11.1. The number of aryl methyl sites for hydroxylation is 1. The molecule has 1 aliphatic heterocycles. The number of aromatic nitrogens is 1. The van der Waals surface area contributed by atoms with Crippen LogP contribution in [-0.4, -0.2) is 23.5 Å². The Labute approximate surface area is 94.6 Å². The molecule has 16 heavy (non-hydrogen) atoms. The second-order valence-electron chi connectivity index (χ2n) is 4.08. The van der Waals surface area contributed by atoms with Crippen molar-refractivity contribution in [1.82, 2.24) is 15.6 Å². The number of nitrogens with one attached hydrogen (secondary N) is 2. The van der Waals surface area contributed by atoms with Gasteiger partial charge in [0.1, 0.15) is 5.76 Å². The van der Waals surface area contributed by atoms with Gasteiger partial charge in [-0.15, -0.1) is 0 Å². The molecular formula is C11H17N3O2. The van der Waals surface area contributed by atoms with Gasteiger partial charge >= 0.3 is 0 Å². The number of rotatable bonds is 3. The van der Waals surface area contributed by atoms with Crippen molar-refractivity contribution in [3.8, 4) is 0 Å². The fourth-order valence-electron chi connectivity index (χ4n) is 1.84. The largest absolute Gasteiger partial charge is 0.444 e. The quantitative estimate of drug-likeness (QED) is 0.793. The van der Waals surface area contributed by atoms with Gasteiger partial charge < -0.3 is 15.1 Å². The Kier molecular flexibility index (Phi) is 3.56. The third-order valence-corrected chi connectivity index (χ3v) is 2.71. The maximum atomic E-state index is 11.7.